The Bertz CT molecular complexity index is 870. The molecule has 126 valence electrons. The normalized spacial score (nSPS) is 10.3. The fourth-order valence-electron chi connectivity index (χ4n) is 2.42. The van der Waals surface area contributed by atoms with Gasteiger partial charge in [-0.2, -0.15) is 0 Å². The van der Waals surface area contributed by atoms with Crippen molar-refractivity contribution >= 4 is 34.8 Å². The lowest BCUT2D eigenvalue weighted by Crippen LogP contribution is -2.31. The molecule has 0 aliphatic carbocycles. The monoisotopic (exact) mass is 352 g/mol. The predicted molar refractivity (Wildman–Crippen MR) is 101 cm³/mol. The summed E-state index contributed by atoms with van der Waals surface area (Å²) in [6.45, 7) is 2.47. The molecule has 0 saturated heterocycles. The highest BCUT2D eigenvalue weighted by Crippen LogP contribution is 2.19. The first-order chi connectivity index (χ1) is 12.2. The molecule has 3 rings (SSSR count). The molecule has 0 fully saturated rings. The lowest BCUT2D eigenvalue weighted by atomic mass is 10.2. The summed E-state index contributed by atoms with van der Waals surface area (Å²) < 4.78 is 0. The van der Waals surface area contributed by atoms with Crippen LogP contribution in [0.25, 0.3) is 0 Å². The molecule has 0 aliphatic heterocycles. The predicted octanol–water partition coefficient (Wildman–Crippen LogP) is 4.54. The van der Waals surface area contributed by atoms with Crippen LogP contribution < -0.4 is 10.2 Å². The summed E-state index contributed by atoms with van der Waals surface area (Å²) in [7, 11) is 0. The minimum atomic E-state index is -0.176. The third-order valence-corrected chi connectivity index (χ3v) is 3.82. The maximum absolute atomic E-state index is 12.8. The van der Waals surface area contributed by atoms with Crippen LogP contribution in [-0.2, 0) is 0 Å². The molecule has 1 aromatic heterocycles. The molecule has 0 saturated carbocycles. The van der Waals surface area contributed by atoms with Crippen LogP contribution in [0.3, 0.4) is 0 Å². The maximum Gasteiger partial charge on any atom is 0.277 e. The van der Waals surface area contributed by atoms with Crippen molar-refractivity contribution in [2.24, 2.45) is 0 Å². The Balaban J connectivity index is 1.84. The van der Waals surface area contributed by atoms with E-state index in [0.29, 0.717) is 23.2 Å². The number of amides is 1. The summed E-state index contributed by atoms with van der Waals surface area (Å²) in [5, 5.41) is 3.67. The Labute approximate surface area is 151 Å². The number of hydrogen-bond donors (Lipinski definition) is 1. The molecule has 3 aromatic rings. The molecule has 0 unspecified atom stereocenters. The molecular weight excluding hydrogens is 336 g/mol. The van der Waals surface area contributed by atoms with Crippen LogP contribution in [0.2, 0.25) is 5.02 Å². The van der Waals surface area contributed by atoms with E-state index in [-0.39, 0.29) is 5.91 Å². The largest absolute Gasteiger partial charge is 0.324 e. The number of benzene rings is 2. The standard InChI is InChI=1S/C19H17ClN4O/c1-2-24(16-9-4-3-5-10-16)18(25)17-11-12-21-19(23-17)22-15-8-6-7-14(20)13-15/h3-13H,2H2,1H3,(H,21,22,23). The number of anilines is 3. The molecule has 6 heteroatoms. The van der Waals surface area contributed by atoms with Crippen molar-refractivity contribution in [2.45, 2.75) is 6.92 Å². The second-order valence-corrected chi connectivity index (χ2v) is 5.72. The molecule has 0 atom stereocenters. The second kappa shape index (κ2) is 7.77. The van der Waals surface area contributed by atoms with E-state index in [2.05, 4.69) is 15.3 Å². The third-order valence-electron chi connectivity index (χ3n) is 3.58. The van der Waals surface area contributed by atoms with Gasteiger partial charge in [-0.3, -0.25) is 4.79 Å². The average Bonchev–Trinajstić information content (AvgIpc) is 2.63. The van der Waals surface area contributed by atoms with Gasteiger partial charge >= 0.3 is 0 Å². The number of aromatic nitrogens is 2. The van der Waals surface area contributed by atoms with Crippen LogP contribution in [0, 0.1) is 0 Å². The van der Waals surface area contributed by atoms with Crippen LogP contribution in [0.1, 0.15) is 17.4 Å². The van der Waals surface area contributed by atoms with E-state index in [1.54, 1.807) is 29.3 Å². The number of carbonyl (C=O) groups is 1. The zero-order chi connectivity index (χ0) is 17.6. The van der Waals surface area contributed by atoms with Crippen LogP contribution in [0.4, 0.5) is 17.3 Å². The van der Waals surface area contributed by atoms with Crippen LogP contribution in [0.15, 0.2) is 66.9 Å². The van der Waals surface area contributed by atoms with E-state index in [1.807, 2.05) is 49.4 Å². The van der Waals surface area contributed by atoms with Crippen molar-refractivity contribution in [3.05, 3.63) is 77.6 Å². The topological polar surface area (TPSA) is 58.1 Å². The summed E-state index contributed by atoms with van der Waals surface area (Å²) in [6.07, 6.45) is 1.56. The van der Waals surface area contributed by atoms with Crippen molar-refractivity contribution in [2.75, 3.05) is 16.8 Å². The van der Waals surface area contributed by atoms with Crippen molar-refractivity contribution in [3.8, 4) is 0 Å². The lowest BCUT2D eigenvalue weighted by Gasteiger charge is -2.20. The molecular formula is C19H17ClN4O. The zero-order valence-electron chi connectivity index (χ0n) is 13.7. The highest BCUT2D eigenvalue weighted by atomic mass is 35.5. The number of hydrogen-bond acceptors (Lipinski definition) is 4. The van der Waals surface area contributed by atoms with Gasteiger partial charge in [-0.05, 0) is 43.3 Å². The van der Waals surface area contributed by atoms with Gasteiger partial charge in [-0.1, -0.05) is 35.9 Å². The summed E-state index contributed by atoms with van der Waals surface area (Å²) in [5.74, 6) is 0.169. The Morgan fingerprint density at radius 2 is 1.92 bits per heavy atom. The van der Waals surface area contributed by atoms with E-state index >= 15 is 0 Å². The maximum atomic E-state index is 12.8. The number of halogens is 1. The Morgan fingerprint density at radius 3 is 2.64 bits per heavy atom. The van der Waals surface area contributed by atoms with Gasteiger partial charge in [0.2, 0.25) is 5.95 Å². The lowest BCUT2D eigenvalue weighted by molar-refractivity contribution is 0.0983. The van der Waals surface area contributed by atoms with Crippen molar-refractivity contribution in [1.29, 1.82) is 0 Å². The van der Waals surface area contributed by atoms with Gasteiger partial charge in [-0.15, -0.1) is 0 Å². The number of nitrogens with zero attached hydrogens (tertiary/aromatic N) is 3. The second-order valence-electron chi connectivity index (χ2n) is 5.29. The van der Waals surface area contributed by atoms with Gasteiger partial charge in [0.15, 0.2) is 0 Å². The quantitative estimate of drug-likeness (QED) is 0.732. The fourth-order valence-corrected chi connectivity index (χ4v) is 2.61. The molecule has 0 spiro atoms. The van der Waals surface area contributed by atoms with Crippen LogP contribution in [0.5, 0.6) is 0 Å². The van der Waals surface area contributed by atoms with E-state index in [4.69, 9.17) is 11.6 Å². The van der Waals surface area contributed by atoms with Gasteiger partial charge in [0, 0.05) is 29.1 Å². The number of carbonyl (C=O) groups excluding carboxylic acids is 1. The minimum absolute atomic E-state index is 0.176. The first-order valence-electron chi connectivity index (χ1n) is 7.90. The molecule has 2 aromatic carbocycles. The Kier molecular flexibility index (Phi) is 5.26. The average molecular weight is 353 g/mol. The molecule has 0 bridgehead atoms. The molecule has 1 N–H and O–H groups in total. The van der Waals surface area contributed by atoms with Crippen molar-refractivity contribution < 1.29 is 4.79 Å². The molecule has 5 nitrogen and oxygen atoms in total. The summed E-state index contributed by atoms with van der Waals surface area (Å²) in [4.78, 5) is 23.0. The smallest absolute Gasteiger partial charge is 0.277 e. The third kappa shape index (κ3) is 4.14. The van der Waals surface area contributed by atoms with E-state index < -0.39 is 0 Å². The summed E-state index contributed by atoms with van der Waals surface area (Å²) in [6, 6.07) is 18.3. The van der Waals surface area contributed by atoms with Gasteiger partial charge in [0.25, 0.3) is 5.91 Å². The van der Waals surface area contributed by atoms with Crippen molar-refractivity contribution in [1.82, 2.24) is 9.97 Å². The first-order valence-corrected chi connectivity index (χ1v) is 8.27. The zero-order valence-corrected chi connectivity index (χ0v) is 14.4. The molecule has 1 heterocycles. The van der Waals surface area contributed by atoms with Crippen molar-refractivity contribution in [3.63, 3.8) is 0 Å². The highest BCUT2D eigenvalue weighted by molar-refractivity contribution is 6.30. The van der Waals surface area contributed by atoms with Gasteiger partial charge < -0.3 is 10.2 Å². The first kappa shape index (κ1) is 16.9. The highest BCUT2D eigenvalue weighted by Gasteiger charge is 2.17. The summed E-state index contributed by atoms with van der Waals surface area (Å²) >= 11 is 5.98. The SMILES string of the molecule is CCN(C(=O)c1ccnc(Nc2cccc(Cl)c2)n1)c1ccccc1. The fraction of sp³-hybridized carbons (Fsp3) is 0.105. The van der Waals surface area contributed by atoms with Gasteiger partial charge in [0.05, 0.1) is 0 Å². The van der Waals surface area contributed by atoms with Crippen LogP contribution >= 0.6 is 11.6 Å². The van der Waals surface area contributed by atoms with E-state index in [1.165, 1.54) is 0 Å². The number of para-hydroxylation sites is 1. The Hall–Kier alpha value is -2.92. The van der Waals surface area contributed by atoms with E-state index in [0.717, 1.165) is 11.4 Å². The number of rotatable bonds is 5. The molecule has 0 aliphatic rings. The molecule has 1 amide bonds. The molecule has 0 radical (unpaired) electrons. The van der Waals surface area contributed by atoms with Gasteiger partial charge in [-0.25, -0.2) is 9.97 Å². The van der Waals surface area contributed by atoms with E-state index in [9.17, 15) is 4.79 Å². The van der Waals surface area contributed by atoms with Gasteiger partial charge in [0.1, 0.15) is 5.69 Å². The minimum Gasteiger partial charge on any atom is -0.324 e. The summed E-state index contributed by atoms with van der Waals surface area (Å²) in [5.41, 5.74) is 1.91. The Morgan fingerprint density at radius 1 is 1.12 bits per heavy atom. The molecule has 25 heavy (non-hydrogen) atoms. The number of nitrogens with one attached hydrogen (secondary N) is 1. The van der Waals surface area contributed by atoms with Crippen LogP contribution in [-0.4, -0.2) is 22.4 Å².